The number of aryl methyl sites for hydroxylation is 1. The van der Waals surface area contributed by atoms with E-state index in [1.807, 2.05) is 29.7 Å². The van der Waals surface area contributed by atoms with Gasteiger partial charge in [-0.3, -0.25) is 9.48 Å². The van der Waals surface area contributed by atoms with E-state index in [-0.39, 0.29) is 23.9 Å². The molecule has 1 N–H and O–H groups in total. The number of urea groups is 1. The van der Waals surface area contributed by atoms with Crippen LogP contribution in [0, 0.1) is 5.92 Å². The first kappa shape index (κ1) is 15.8. The van der Waals surface area contributed by atoms with Crippen molar-refractivity contribution in [3.8, 4) is 0 Å². The van der Waals surface area contributed by atoms with Crippen molar-refractivity contribution in [1.29, 1.82) is 0 Å². The van der Waals surface area contributed by atoms with Gasteiger partial charge in [0, 0.05) is 51.0 Å². The molecule has 126 valence electrons. The molecule has 2 aliphatic heterocycles. The molecule has 0 saturated carbocycles. The van der Waals surface area contributed by atoms with E-state index in [0.29, 0.717) is 19.6 Å². The Labute approximate surface area is 136 Å². The predicted molar refractivity (Wildman–Crippen MR) is 85.6 cm³/mol. The predicted octanol–water partition coefficient (Wildman–Crippen LogP) is 1.06. The van der Waals surface area contributed by atoms with Crippen LogP contribution >= 0.6 is 0 Å². The molecule has 1 aromatic rings. The number of carbonyl (C=O) groups excluding carboxylic acids is 2. The quantitative estimate of drug-likeness (QED) is 0.905. The topological polar surface area (TPSA) is 70.5 Å². The number of hydrogen-bond donors (Lipinski definition) is 1. The lowest BCUT2D eigenvalue weighted by Crippen LogP contribution is -2.46. The summed E-state index contributed by atoms with van der Waals surface area (Å²) in [5.41, 5.74) is 0.989. The Morgan fingerprint density at radius 2 is 2.22 bits per heavy atom. The van der Waals surface area contributed by atoms with E-state index in [4.69, 9.17) is 0 Å². The number of nitrogens with zero attached hydrogens (tertiary/aromatic N) is 4. The molecule has 2 atom stereocenters. The third kappa shape index (κ3) is 3.33. The second kappa shape index (κ2) is 6.60. The van der Waals surface area contributed by atoms with Gasteiger partial charge >= 0.3 is 6.03 Å². The van der Waals surface area contributed by atoms with E-state index >= 15 is 0 Å². The van der Waals surface area contributed by atoms with E-state index in [0.717, 1.165) is 31.4 Å². The molecule has 7 heteroatoms. The molecule has 3 heterocycles. The Balaban J connectivity index is 1.62. The van der Waals surface area contributed by atoms with Crippen molar-refractivity contribution in [2.45, 2.75) is 45.3 Å². The number of aromatic nitrogens is 2. The molecule has 0 spiro atoms. The zero-order valence-corrected chi connectivity index (χ0v) is 13.9. The minimum absolute atomic E-state index is 0.0545. The largest absolute Gasteiger partial charge is 0.341 e. The van der Waals surface area contributed by atoms with E-state index in [1.54, 1.807) is 11.1 Å². The van der Waals surface area contributed by atoms with Gasteiger partial charge in [0.2, 0.25) is 5.91 Å². The summed E-state index contributed by atoms with van der Waals surface area (Å²) in [6.07, 6.45) is 6.64. The van der Waals surface area contributed by atoms with Crippen LogP contribution in [0.15, 0.2) is 12.4 Å². The monoisotopic (exact) mass is 319 g/mol. The summed E-state index contributed by atoms with van der Waals surface area (Å²) in [6, 6.07) is 0.0536. The number of nitrogens with one attached hydrogen (secondary N) is 1. The Morgan fingerprint density at radius 3 is 2.96 bits per heavy atom. The molecule has 1 aromatic heterocycles. The Kier molecular flexibility index (Phi) is 4.54. The number of rotatable bonds is 3. The average Bonchev–Trinajstić information content (AvgIpc) is 2.90. The van der Waals surface area contributed by atoms with Crippen LogP contribution in [0.2, 0.25) is 0 Å². The lowest BCUT2D eigenvalue weighted by atomic mass is 9.99. The summed E-state index contributed by atoms with van der Waals surface area (Å²) in [7, 11) is 1.87. The Hall–Kier alpha value is -2.05. The number of fused-ring (bicyclic) bond motifs is 3. The van der Waals surface area contributed by atoms with Crippen LogP contribution in [0.1, 0.15) is 31.7 Å². The van der Waals surface area contributed by atoms with Crippen LogP contribution in [0.5, 0.6) is 0 Å². The fourth-order valence-electron chi connectivity index (χ4n) is 3.49. The lowest BCUT2D eigenvalue weighted by molar-refractivity contribution is -0.134. The first-order valence-electron chi connectivity index (χ1n) is 8.39. The molecule has 2 saturated heterocycles. The van der Waals surface area contributed by atoms with Crippen LogP contribution in [0.25, 0.3) is 0 Å². The highest BCUT2D eigenvalue weighted by Gasteiger charge is 2.37. The lowest BCUT2D eigenvalue weighted by Gasteiger charge is -2.29. The molecule has 0 aromatic carbocycles. The van der Waals surface area contributed by atoms with Gasteiger partial charge in [-0.05, 0) is 19.8 Å². The van der Waals surface area contributed by atoms with Crippen LogP contribution in [0.3, 0.4) is 0 Å². The number of hydrogen-bond acceptors (Lipinski definition) is 3. The number of likely N-dealkylation sites (tertiary alicyclic amines) is 1. The molecule has 2 fully saturated rings. The minimum Gasteiger partial charge on any atom is -0.341 e. The summed E-state index contributed by atoms with van der Waals surface area (Å²) >= 11 is 0. The zero-order valence-electron chi connectivity index (χ0n) is 13.9. The summed E-state index contributed by atoms with van der Waals surface area (Å²) in [6.45, 7) is 4.46. The fourth-order valence-corrected chi connectivity index (χ4v) is 3.49. The van der Waals surface area contributed by atoms with E-state index in [9.17, 15) is 9.59 Å². The molecule has 0 radical (unpaired) electrons. The minimum atomic E-state index is -0.0887. The van der Waals surface area contributed by atoms with Crippen molar-refractivity contribution in [3.63, 3.8) is 0 Å². The van der Waals surface area contributed by atoms with Gasteiger partial charge in [-0.1, -0.05) is 6.42 Å². The highest BCUT2D eigenvalue weighted by molar-refractivity contribution is 5.82. The smallest absolute Gasteiger partial charge is 0.317 e. The van der Waals surface area contributed by atoms with Crippen LogP contribution in [0.4, 0.5) is 4.79 Å². The fraction of sp³-hybridized carbons (Fsp3) is 0.688. The van der Waals surface area contributed by atoms with E-state index < -0.39 is 0 Å². The third-order valence-electron chi connectivity index (χ3n) is 4.95. The molecule has 3 rings (SSSR count). The second-order valence-corrected chi connectivity index (χ2v) is 6.50. The number of carbonyl (C=O) groups is 2. The molecule has 0 unspecified atom stereocenters. The van der Waals surface area contributed by atoms with Gasteiger partial charge < -0.3 is 15.1 Å². The van der Waals surface area contributed by atoms with Crippen molar-refractivity contribution in [2.75, 3.05) is 20.1 Å². The molecular weight excluding hydrogens is 294 g/mol. The molecule has 3 amide bonds. The van der Waals surface area contributed by atoms with Crippen LogP contribution < -0.4 is 5.32 Å². The van der Waals surface area contributed by atoms with Crippen molar-refractivity contribution in [3.05, 3.63) is 18.0 Å². The molecule has 23 heavy (non-hydrogen) atoms. The van der Waals surface area contributed by atoms with E-state index in [1.165, 1.54) is 0 Å². The van der Waals surface area contributed by atoms with Gasteiger partial charge in [-0.15, -0.1) is 0 Å². The highest BCUT2D eigenvalue weighted by atomic mass is 16.2. The SMILES string of the molecule is CCn1cc(CNC(=O)N2C[C@H]3CCC[C@@H](C2)N(C)C3=O)cn1. The second-order valence-electron chi connectivity index (χ2n) is 6.50. The van der Waals surface area contributed by atoms with Crippen molar-refractivity contribution < 1.29 is 9.59 Å². The first-order valence-corrected chi connectivity index (χ1v) is 8.39. The molecule has 0 aliphatic carbocycles. The summed E-state index contributed by atoms with van der Waals surface area (Å²) in [4.78, 5) is 28.5. The van der Waals surface area contributed by atoms with Crippen LogP contribution in [-0.4, -0.2) is 57.7 Å². The van der Waals surface area contributed by atoms with Crippen molar-refractivity contribution >= 4 is 11.9 Å². The van der Waals surface area contributed by atoms with Gasteiger partial charge in [0.15, 0.2) is 0 Å². The third-order valence-corrected chi connectivity index (χ3v) is 4.95. The van der Waals surface area contributed by atoms with Gasteiger partial charge in [0.25, 0.3) is 0 Å². The zero-order chi connectivity index (χ0) is 16.4. The van der Waals surface area contributed by atoms with Gasteiger partial charge in [0.1, 0.15) is 0 Å². The summed E-state index contributed by atoms with van der Waals surface area (Å²) < 4.78 is 1.84. The van der Waals surface area contributed by atoms with Crippen LogP contribution in [-0.2, 0) is 17.9 Å². The Bertz CT molecular complexity index is 585. The Morgan fingerprint density at radius 1 is 1.39 bits per heavy atom. The normalized spacial score (nSPS) is 24.5. The first-order chi connectivity index (χ1) is 11.1. The van der Waals surface area contributed by atoms with Crippen molar-refractivity contribution in [1.82, 2.24) is 24.9 Å². The van der Waals surface area contributed by atoms with E-state index in [2.05, 4.69) is 10.4 Å². The summed E-state index contributed by atoms with van der Waals surface area (Å²) in [5.74, 6) is 0.133. The molecular formula is C16H25N5O2. The number of amides is 3. The standard InChI is InChI=1S/C16H25N5O2/c1-3-21-9-12(8-18-21)7-17-16(23)20-10-13-5-4-6-14(11-20)19(2)15(13)22/h8-9,13-14H,3-7,10-11H2,1-2H3,(H,17,23)/t13-,14+/m1/s1. The maximum absolute atomic E-state index is 12.5. The van der Waals surface area contributed by atoms with Crippen molar-refractivity contribution in [2.24, 2.45) is 5.92 Å². The average molecular weight is 319 g/mol. The van der Waals surface area contributed by atoms with Gasteiger partial charge in [0.05, 0.1) is 12.1 Å². The molecule has 7 nitrogen and oxygen atoms in total. The molecule has 2 aliphatic rings. The number of likely N-dealkylation sites (N-methyl/N-ethyl adjacent to an activating group) is 1. The maximum atomic E-state index is 12.5. The maximum Gasteiger partial charge on any atom is 0.317 e. The van der Waals surface area contributed by atoms with Gasteiger partial charge in [-0.2, -0.15) is 5.10 Å². The molecule has 2 bridgehead atoms. The summed E-state index contributed by atoms with van der Waals surface area (Å²) in [5, 5.41) is 7.16. The highest BCUT2D eigenvalue weighted by Crippen LogP contribution is 2.26. The van der Waals surface area contributed by atoms with Gasteiger partial charge in [-0.25, -0.2) is 4.79 Å².